The molecule has 136 valence electrons. The topological polar surface area (TPSA) is 71.1 Å². The van der Waals surface area contributed by atoms with Gasteiger partial charge < -0.3 is 18.1 Å². The monoisotopic (exact) mass is 624 g/mol. The van der Waals surface area contributed by atoms with Crippen molar-refractivity contribution < 1.29 is 27.2 Å². The van der Waals surface area contributed by atoms with E-state index in [1.807, 2.05) is 0 Å². The van der Waals surface area contributed by atoms with Crippen molar-refractivity contribution in [1.29, 1.82) is 0 Å². The van der Waals surface area contributed by atoms with Gasteiger partial charge in [-0.25, -0.2) is 0 Å². The molecule has 23 heavy (non-hydrogen) atoms. The first-order valence-electron chi connectivity index (χ1n) is 6.78. The van der Waals surface area contributed by atoms with Crippen molar-refractivity contribution in [3.05, 3.63) is 0 Å². The second-order valence-corrected chi connectivity index (χ2v) is 12.8. The Morgan fingerprint density at radius 3 is 1.13 bits per heavy atom. The Morgan fingerprint density at radius 2 is 0.913 bits per heavy atom. The second kappa shape index (κ2) is 8.49. The van der Waals surface area contributed by atoms with E-state index in [0.717, 1.165) is 0 Å². The van der Waals surface area contributed by atoms with Crippen LogP contribution < -0.4 is 0 Å². The van der Waals surface area contributed by atoms with Gasteiger partial charge in [-0.3, -0.25) is 9.13 Å². The molecule has 0 aromatic rings. The van der Waals surface area contributed by atoms with Crippen LogP contribution in [0.3, 0.4) is 0 Å². The van der Waals surface area contributed by atoms with E-state index in [-0.39, 0.29) is 43.2 Å². The Bertz CT molecular complexity index is 439. The van der Waals surface area contributed by atoms with Crippen molar-refractivity contribution in [3.63, 3.8) is 0 Å². The van der Waals surface area contributed by atoms with Gasteiger partial charge in [0.05, 0.1) is 26.4 Å². The zero-order valence-corrected chi connectivity index (χ0v) is 20.4. The molecule has 0 bridgehead atoms. The third kappa shape index (κ3) is 5.14. The largest absolute Gasteiger partial charge is 0.342 e. The molecule has 0 aliphatic carbocycles. The molecule has 6 nitrogen and oxygen atoms in total. The van der Waals surface area contributed by atoms with Crippen LogP contribution in [0.25, 0.3) is 0 Å². The minimum Gasteiger partial charge on any atom is -0.307 e. The van der Waals surface area contributed by atoms with Gasteiger partial charge in [0.25, 0.3) is 0 Å². The van der Waals surface area contributed by atoms with Crippen molar-refractivity contribution in [3.8, 4) is 0 Å². The van der Waals surface area contributed by atoms with Crippen LogP contribution >= 0.6 is 78.9 Å². The van der Waals surface area contributed by atoms with Crippen molar-refractivity contribution in [1.82, 2.24) is 0 Å². The van der Waals surface area contributed by atoms with Crippen molar-refractivity contribution in [2.45, 2.75) is 0 Å². The van der Waals surface area contributed by atoms with Gasteiger partial charge in [-0.1, -0.05) is 63.7 Å². The summed E-state index contributed by atoms with van der Waals surface area (Å²) in [6, 6.07) is 0. The molecular formula is C11H18Br4O6P2. The van der Waals surface area contributed by atoms with Crippen molar-refractivity contribution >= 4 is 78.9 Å². The number of rotatable bonds is 6. The van der Waals surface area contributed by atoms with E-state index in [0.29, 0.717) is 21.3 Å². The Balaban J connectivity index is 1.98. The SMILES string of the molecule is O=P1(CP2(=O)OCC(CBr)(CBr)CO2)OCC(CBr)(CBr)CO1. The molecule has 0 N–H and O–H groups in total. The molecule has 0 spiro atoms. The number of alkyl halides is 4. The lowest BCUT2D eigenvalue weighted by Crippen LogP contribution is -2.40. The molecule has 0 aromatic heterocycles. The fourth-order valence-electron chi connectivity index (χ4n) is 1.85. The Hall–Kier alpha value is 2.22. The lowest BCUT2D eigenvalue weighted by Gasteiger charge is -2.40. The van der Waals surface area contributed by atoms with Gasteiger partial charge >= 0.3 is 15.2 Å². The van der Waals surface area contributed by atoms with E-state index >= 15 is 0 Å². The predicted molar refractivity (Wildman–Crippen MR) is 104 cm³/mol. The first-order chi connectivity index (χ1) is 10.8. The van der Waals surface area contributed by atoms with Crippen LogP contribution in [0.2, 0.25) is 0 Å². The highest BCUT2D eigenvalue weighted by Gasteiger charge is 2.49. The lowest BCUT2D eigenvalue weighted by atomic mass is 9.96. The van der Waals surface area contributed by atoms with E-state index < -0.39 is 15.2 Å². The zero-order valence-electron chi connectivity index (χ0n) is 12.2. The van der Waals surface area contributed by atoms with E-state index in [9.17, 15) is 9.13 Å². The van der Waals surface area contributed by atoms with Crippen LogP contribution in [0.4, 0.5) is 0 Å². The van der Waals surface area contributed by atoms with Crippen LogP contribution in [-0.2, 0) is 27.2 Å². The summed E-state index contributed by atoms with van der Waals surface area (Å²) in [6.07, 6.45) is 0. The van der Waals surface area contributed by atoms with Crippen LogP contribution in [-0.4, -0.2) is 53.7 Å². The highest BCUT2D eigenvalue weighted by atomic mass is 79.9. The Kier molecular flexibility index (Phi) is 7.94. The van der Waals surface area contributed by atoms with E-state index in [2.05, 4.69) is 63.7 Å². The normalized spacial score (nSPS) is 28.3. The maximum absolute atomic E-state index is 12.7. The molecule has 0 atom stereocenters. The molecule has 0 amide bonds. The molecule has 0 radical (unpaired) electrons. The highest BCUT2D eigenvalue weighted by molar-refractivity contribution is 9.10. The van der Waals surface area contributed by atoms with Gasteiger partial charge in [0, 0.05) is 32.2 Å². The van der Waals surface area contributed by atoms with Crippen LogP contribution in [0.15, 0.2) is 0 Å². The zero-order chi connectivity index (χ0) is 17.2. The molecule has 2 rings (SSSR count). The number of hydrogen-bond donors (Lipinski definition) is 0. The summed E-state index contributed by atoms with van der Waals surface area (Å²) in [5, 5.41) is 2.59. The summed E-state index contributed by atoms with van der Waals surface area (Å²) in [4.78, 5) is 0. The standard InChI is InChI=1S/C11H18Br4O6P2/c12-1-10(2-13)5-18-22(16,19-6-10)9-23(17)20-7-11(3-14,4-15)8-21-23/h1-9H2. The minimum absolute atomic E-state index is 0.257. The van der Waals surface area contributed by atoms with Crippen LogP contribution in [0, 0.1) is 10.8 Å². The smallest absolute Gasteiger partial charge is 0.307 e. The van der Waals surface area contributed by atoms with E-state index in [4.69, 9.17) is 18.1 Å². The maximum Gasteiger partial charge on any atom is 0.342 e. The first-order valence-corrected chi connectivity index (χ1v) is 14.7. The summed E-state index contributed by atoms with van der Waals surface area (Å²) in [6.45, 7) is 1.03. The summed E-state index contributed by atoms with van der Waals surface area (Å²) < 4.78 is 47.2. The van der Waals surface area contributed by atoms with Crippen LogP contribution in [0.5, 0.6) is 0 Å². The molecular weight excluding hydrogens is 610 g/mol. The summed E-state index contributed by atoms with van der Waals surface area (Å²) in [7, 11) is -6.98. The number of hydrogen-bond acceptors (Lipinski definition) is 6. The molecule has 2 heterocycles. The first kappa shape index (κ1) is 21.5. The molecule has 2 fully saturated rings. The van der Waals surface area contributed by atoms with E-state index in [1.165, 1.54) is 0 Å². The Labute approximate surface area is 169 Å². The second-order valence-electron chi connectivity index (χ2n) is 5.99. The summed E-state index contributed by atoms with van der Waals surface area (Å²) >= 11 is 13.6. The fourth-order valence-corrected chi connectivity index (χ4v) is 10.0. The summed E-state index contributed by atoms with van der Waals surface area (Å²) in [5.41, 5.74) is -0.560. The maximum atomic E-state index is 12.7. The molecule has 0 aromatic carbocycles. The third-order valence-corrected chi connectivity index (χ3v) is 13.4. The van der Waals surface area contributed by atoms with Gasteiger partial charge in [0.2, 0.25) is 0 Å². The minimum atomic E-state index is -3.49. The van der Waals surface area contributed by atoms with Crippen LogP contribution in [0.1, 0.15) is 0 Å². The predicted octanol–water partition coefficient (Wildman–Crippen LogP) is 4.98. The van der Waals surface area contributed by atoms with Crippen molar-refractivity contribution in [2.24, 2.45) is 10.8 Å². The van der Waals surface area contributed by atoms with Crippen molar-refractivity contribution in [2.75, 3.05) is 53.7 Å². The molecule has 0 saturated carbocycles. The summed E-state index contributed by atoms with van der Waals surface area (Å²) in [5.74, 6) is -0.346. The van der Waals surface area contributed by atoms with Gasteiger partial charge in [-0.15, -0.1) is 0 Å². The number of halogens is 4. The Morgan fingerprint density at radius 1 is 0.652 bits per heavy atom. The third-order valence-electron chi connectivity index (χ3n) is 3.75. The van der Waals surface area contributed by atoms with Gasteiger partial charge in [-0.05, 0) is 0 Å². The molecule has 2 aliphatic heterocycles. The molecule has 2 saturated heterocycles. The fraction of sp³-hybridized carbons (Fsp3) is 1.00. The van der Waals surface area contributed by atoms with E-state index in [1.54, 1.807) is 0 Å². The van der Waals surface area contributed by atoms with Gasteiger partial charge in [-0.2, -0.15) is 0 Å². The molecule has 2 aliphatic rings. The highest BCUT2D eigenvalue weighted by Crippen LogP contribution is 2.67. The average Bonchev–Trinajstić information content (AvgIpc) is 2.57. The lowest BCUT2D eigenvalue weighted by molar-refractivity contribution is 0.0403. The quantitative estimate of drug-likeness (QED) is 0.306. The average molecular weight is 628 g/mol. The van der Waals surface area contributed by atoms with Gasteiger partial charge in [0.1, 0.15) is 0 Å². The molecule has 12 heteroatoms. The van der Waals surface area contributed by atoms with Gasteiger partial charge in [0.15, 0.2) is 5.90 Å². The molecule has 0 unspecified atom stereocenters.